The number of rotatable bonds is 3. The summed E-state index contributed by atoms with van der Waals surface area (Å²) in [5, 5.41) is 4.42. The van der Waals surface area contributed by atoms with E-state index in [1.807, 2.05) is 42.2 Å². The minimum atomic E-state index is 0.830. The topological polar surface area (TPSA) is 49.6 Å². The normalized spacial score (nSPS) is 16.1. The second-order valence-corrected chi connectivity index (χ2v) is 5.93. The van der Waals surface area contributed by atoms with Crippen LogP contribution in [0.3, 0.4) is 0 Å². The molecule has 1 saturated heterocycles. The lowest BCUT2D eigenvalue weighted by Gasteiger charge is -2.35. The molecule has 3 aromatic rings. The van der Waals surface area contributed by atoms with E-state index in [9.17, 15) is 0 Å². The Bertz CT molecular complexity index is 803. The Balaban J connectivity index is 1.42. The molecule has 0 amide bonds. The van der Waals surface area contributed by atoms with Gasteiger partial charge < -0.3 is 4.90 Å². The van der Waals surface area contributed by atoms with E-state index < -0.39 is 0 Å². The number of aryl methyl sites for hydroxylation is 1. The molecule has 1 aliphatic rings. The van der Waals surface area contributed by atoms with Crippen LogP contribution in [0.25, 0.3) is 5.52 Å². The van der Waals surface area contributed by atoms with Gasteiger partial charge in [-0.25, -0.2) is 14.5 Å². The first-order chi connectivity index (χ1) is 11.3. The van der Waals surface area contributed by atoms with E-state index in [-0.39, 0.29) is 0 Å². The van der Waals surface area contributed by atoms with Crippen LogP contribution in [0, 0.1) is 6.92 Å². The summed E-state index contributed by atoms with van der Waals surface area (Å²) in [5.74, 6) is 1.87. The van der Waals surface area contributed by atoms with Gasteiger partial charge >= 0.3 is 0 Å². The van der Waals surface area contributed by atoms with Crippen LogP contribution in [0.4, 0.5) is 5.82 Å². The van der Waals surface area contributed by atoms with Crippen molar-refractivity contribution in [3.8, 4) is 0 Å². The Morgan fingerprint density at radius 2 is 1.96 bits per heavy atom. The quantitative estimate of drug-likeness (QED) is 0.738. The minimum Gasteiger partial charge on any atom is -0.354 e. The molecule has 6 heteroatoms. The molecule has 0 saturated carbocycles. The smallest absolute Gasteiger partial charge is 0.132 e. The first-order valence-corrected chi connectivity index (χ1v) is 7.98. The maximum Gasteiger partial charge on any atom is 0.132 e. The zero-order chi connectivity index (χ0) is 15.6. The number of hydrogen-bond acceptors (Lipinski definition) is 5. The summed E-state index contributed by atoms with van der Waals surface area (Å²) < 4.78 is 1.94. The average molecular weight is 308 g/mol. The standard InChI is InChI=1S/C17H20N6/c1-14-18-6-5-17(20-14)22-10-8-21(9-11-22)13-15-12-19-23-7-3-2-4-16(15)23/h2-7,12H,8-11,13H2,1H3. The molecule has 4 heterocycles. The van der Waals surface area contributed by atoms with Crippen molar-refractivity contribution in [1.82, 2.24) is 24.5 Å². The fourth-order valence-electron chi connectivity index (χ4n) is 3.11. The highest BCUT2D eigenvalue weighted by Crippen LogP contribution is 2.17. The van der Waals surface area contributed by atoms with Crippen molar-refractivity contribution in [3.63, 3.8) is 0 Å². The summed E-state index contributed by atoms with van der Waals surface area (Å²) in [6, 6.07) is 8.19. The van der Waals surface area contributed by atoms with Crippen molar-refractivity contribution in [1.29, 1.82) is 0 Å². The summed E-state index contributed by atoms with van der Waals surface area (Å²) in [5.41, 5.74) is 2.48. The Morgan fingerprint density at radius 3 is 2.78 bits per heavy atom. The summed E-state index contributed by atoms with van der Waals surface area (Å²) in [6.45, 7) is 6.95. The number of anilines is 1. The summed E-state index contributed by atoms with van der Waals surface area (Å²) in [7, 11) is 0. The van der Waals surface area contributed by atoms with Crippen LogP contribution in [0.5, 0.6) is 0 Å². The largest absolute Gasteiger partial charge is 0.354 e. The number of pyridine rings is 1. The second kappa shape index (κ2) is 5.96. The highest BCUT2D eigenvalue weighted by Gasteiger charge is 2.19. The highest BCUT2D eigenvalue weighted by atomic mass is 15.3. The minimum absolute atomic E-state index is 0.830. The molecule has 4 rings (SSSR count). The fourth-order valence-corrected chi connectivity index (χ4v) is 3.11. The van der Waals surface area contributed by atoms with Crippen LogP contribution in [-0.2, 0) is 6.54 Å². The zero-order valence-corrected chi connectivity index (χ0v) is 13.3. The van der Waals surface area contributed by atoms with Gasteiger partial charge in [-0.2, -0.15) is 5.10 Å². The Morgan fingerprint density at radius 1 is 1.09 bits per heavy atom. The molecular weight excluding hydrogens is 288 g/mol. The lowest BCUT2D eigenvalue weighted by atomic mass is 10.2. The van der Waals surface area contributed by atoms with Crippen molar-refractivity contribution in [3.05, 3.63) is 54.2 Å². The summed E-state index contributed by atoms with van der Waals surface area (Å²) in [6.07, 6.45) is 5.81. The lowest BCUT2D eigenvalue weighted by molar-refractivity contribution is 0.250. The maximum atomic E-state index is 4.52. The van der Waals surface area contributed by atoms with Crippen molar-refractivity contribution in [2.24, 2.45) is 0 Å². The van der Waals surface area contributed by atoms with E-state index in [0.717, 1.165) is 44.4 Å². The molecule has 118 valence electrons. The molecule has 0 aliphatic carbocycles. The molecule has 0 N–H and O–H groups in total. The Kier molecular flexibility index (Phi) is 3.67. The van der Waals surface area contributed by atoms with E-state index in [1.54, 1.807) is 0 Å². The first-order valence-electron chi connectivity index (χ1n) is 7.98. The van der Waals surface area contributed by atoms with E-state index in [1.165, 1.54) is 11.1 Å². The van der Waals surface area contributed by atoms with Gasteiger partial charge in [-0.1, -0.05) is 6.07 Å². The van der Waals surface area contributed by atoms with Gasteiger partial charge in [-0.3, -0.25) is 4.90 Å². The van der Waals surface area contributed by atoms with Crippen LogP contribution < -0.4 is 4.90 Å². The zero-order valence-electron chi connectivity index (χ0n) is 13.3. The predicted molar refractivity (Wildman–Crippen MR) is 89.5 cm³/mol. The third-order valence-electron chi connectivity index (χ3n) is 4.36. The molecule has 3 aromatic heterocycles. The number of nitrogens with zero attached hydrogens (tertiary/aromatic N) is 6. The second-order valence-electron chi connectivity index (χ2n) is 5.93. The SMILES string of the molecule is Cc1nccc(N2CCN(Cc3cnn4ccccc34)CC2)n1. The van der Waals surface area contributed by atoms with Crippen LogP contribution >= 0.6 is 0 Å². The average Bonchev–Trinajstić information content (AvgIpc) is 2.99. The molecule has 0 bridgehead atoms. The van der Waals surface area contributed by atoms with Gasteiger partial charge in [0.15, 0.2) is 0 Å². The highest BCUT2D eigenvalue weighted by molar-refractivity contribution is 5.53. The number of aromatic nitrogens is 4. The van der Waals surface area contributed by atoms with E-state index in [2.05, 4.69) is 37.0 Å². The van der Waals surface area contributed by atoms with Gasteiger partial charge in [-0.05, 0) is 25.1 Å². The predicted octanol–water partition coefficient (Wildman–Crippen LogP) is 1.75. The molecule has 6 nitrogen and oxygen atoms in total. The molecule has 23 heavy (non-hydrogen) atoms. The number of piperazine rings is 1. The van der Waals surface area contributed by atoms with Gasteiger partial charge in [0, 0.05) is 50.7 Å². The van der Waals surface area contributed by atoms with E-state index >= 15 is 0 Å². The third kappa shape index (κ3) is 2.90. The molecule has 0 atom stereocenters. The van der Waals surface area contributed by atoms with E-state index in [4.69, 9.17) is 0 Å². The molecule has 0 unspecified atom stereocenters. The fraction of sp³-hybridized carbons (Fsp3) is 0.353. The van der Waals surface area contributed by atoms with Crippen LogP contribution in [0.1, 0.15) is 11.4 Å². The van der Waals surface area contributed by atoms with Gasteiger partial charge in [0.2, 0.25) is 0 Å². The van der Waals surface area contributed by atoms with Crippen LogP contribution in [-0.4, -0.2) is 50.7 Å². The molecule has 0 spiro atoms. The maximum absolute atomic E-state index is 4.52. The molecule has 1 aliphatic heterocycles. The summed E-state index contributed by atoms with van der Waals surface area (Å²) >= 11 is 0. The summed E-state index contributed by atoms with van der Waals surface area (Å²) in [4.78, 5) is 13.5. The molecule has 1 fully saturated rings. The van der Waals surface area contributed by atoms with Gasteiger partial charge in [0.05, 0.1) is 11.7 Å². The molecule has 0 aromatic carbocycles. The van der Waals surface area contributed by atoms with Gasteiger partial charge in [0.1, 0.15) is 11.6 Å². The van der Waals surface area contributed by atoms with Crippen molar-refractivity contribution >= 4 is 11.3 Å². The van der Waals surface area contributed by atoms with Gasteiger partial charge in [0.25, 0.3) is 0 Å². The third-order valence-corrected chi connectivity index (χ3v) is 4.36. The first kappa shape index (κ1) is 14.1. The van der Waals surface area contributed by atoms with Crippen molar-refractivity contribution in [2.75, 3.05) is 31.1 Å². The van der Waals surface area contributed by atoms with Crippen molar-refractivity contribution < 1.29 is 0 Å². The van der Waals surface area contributed by atoms with Gasteiger partial charge in [-0.15, -0.1) is 0 Å². The number of hydrogen-bond donors (Lipinski definition) is 0. The number of fused-ring (bicyclic) bond motifs is 1. The molecule has 0 radical (unpaired) electrons. The van der Waals surface area contributed by atoms with Crippen LogP contribution in [0.15, 0.2) is 42.9 Å². The Labute approximate surface area is 135 Å². The molecular formula is C17H20N6. The lowest BCUT2D eigenvalue weighted by Crippen LogP contribution is -2.46. The monoisotopic (exact) mass is 308 g/mol. The Hall–Kier alpha value is -2.47. The van der Waals surface area contributed by atoms with Crippen molar-refractivity contribution in [2.45, 2.75) is 13.5 Å². The van der Waals surface area contributed by atoms with E-state index in [0.29, 0.717) is 0 Å². The van der Waals surface area contributed by atoms with Crippen LogP contribution in [0.2, 0.25) is 0 Å².